The van der Waals surface area contributed by atoms with E-state index in [9.17, 15) is 37.7 Å². The van der Waals surface area contributed by atoms with Crippen molar-refractivity contribution in [3.8, 4) is 17.6 Å². The molecule has 0 unspecified atom stereocenters. The monoisotopic (exact) mass is 959 g/mol. The first kappa shape index (κ1) is 52.8. The fourth-order valence-electron chi connectivity index (χ4n) is 8.30. The minimum atomic E-state index is -5.07. The molecule has 366 valence electrons. The van der Waals surface area contributed by atoms with Crippen LogP contribution in [0.3, 0.4) is 0 Å². The number of ether oxygens (including phenoxy) is 6. The number of methoxy groups -OCH3 is 2. The molecule has 0 aliphatic carbocycles. The van der Waals surface area contributed by atoms with Crippen molar-refractivity contribution in [1.29, 1.82) is 5.26 Å². The Morgan fingerprint density at radius 1 is 0.910 bits per heavy atom. The van der Waals surface area contributed by atoms with Crippen molar-refractivity contribution in [2.75, 3.05) is 46.9 Å². The van der Waals surface area contributed by atoms with E-state index in [0.717, 1.165) is 16.2 Å². The Labute approximate surface area is 388 Å². The maximum absolute atomic E-state index is 13.6. The topological polar surface area (TPSA) is 196 Å². The molecule has 1 aliphatic rings. The molecule has 1 aliphatic heterocycles. The molecule has 2 heterocycles. The van der Waals surface area contributed by atoms with Gasteiger partial charge in [0.25, 0.3) is 0 Å². The van der Waals surface area contributed by atoms with Gasteiger partial charge in [0.1, 0.15) is 0 Å². The summed E-state index contributed by atoms with van der Waals surface area (Å²) in [4.78, 5) is 52.6. The van der Waals surface area contributed by atoms with Crippen molar-refractivity contribution < 1.29 is 55.8 Å². The molecule has 4 atom stereocenters. The van der Waals surface area contributed by atoms with Gasteiger partial charge in [0.15, 0.2) is 0 Å². The van der Waals surface area contributed by atoms with Crippen LogP contribution in [-0.2, 0) is 33.9 Å². The number of aromatic amines is 1. The first-order chi connectivity index (χ1) is 31.7. The van der Waals surface area contributed by atoms with E-state index in [1.807, 2.05) is 92.3 Å². The number of aromatic nitrogens is 2. The summed E-state index contributed by atoms with van der Waals surface area (Å²) in [7, 11) is -1.06. The third kappa shape index (κ3) is 12.9. The van der Waals surface area contributed by atoms with E-state index in [1.54, 1.807) is 52.3 Å². The Morgan fingerprint density at radius 3 is 1.99 bits per heavy atom. The van der Waals surface area contributed by atoms with E-state index in [0.29, 0.717) is 22.6 Å². The van der Waals surface area contributed by atoms with Crippen LogP contribution in [0.5, 0.6) is 11.5 Å². The van der Waals surface area contributed by atoms with E-state index in [2.05, 4.69) is 11.1 Å². The minimum absolute atomic E-state index is 0.0556. The second-order valence-corrected chi connectivity index (χ2v) is 20.2. The van der Waals surface area contributed by atoms with Crippen molar-refractivity contribution in [2.45, 2.75) is 96.4 Å². The van der Waals surface area contributed by atoms with Gasteiger partial charge in [-0.3, -0.25) is 0 Å². The van der Waals surface area contributed by atoms with Crippen LogP contribution < -0.4 is 26.0 Å². The molecule has 3 N–H and O–H groups in total. The van der Waals surface area contributed by atoms with E-state index < -0.39 is 73.5 Å². The Hall–Kier alpha value is -5.16. The molecular formula is C47H61F3N5O11P. The summed E-state index contributed by atoms with van der Waals surface area (Å²) in [5.74, 6) is -0.900. The molecule has 67 heavy (non-hydrogen) atoms. The van der Waals surface area contributed by atoms with Gasteiger partial charge in [-0.2, -0.15) is 13.2 Å². The number of hydrogen-bond acceptors (Lipinski definition) is 13. The number of H-pyrrole nitrogens is 1. The Bertz CT molecular complexity index is 2320. The van der Waals surface area contributed by atoms with Crippen LogP contribution >= 0.6 is 7.87 Å². The number of nitriles is 1. The standard InChI is InChI=1S/C47H61F3N5O11P/c1-31(2)55(32(3)4)67(59,26-12-24-51)66-40-38(27-64-46(33-13-10-9-11-14-33,34-15-19-36(60-7)20-16-34)35-17-21-37(61-8)22-18-35)65-42(54-25-23-39(56)53-44(54)58)41(40)63-30-62-29-45(5,6)28-52-43(57)47(48,49)50/h9-11,13-23,25,31-32,38,40-42,59,67H,12,26-30H2,1-8H3,(H,52,57)(H,53,56,58)/t38-,40-,41-,42-/m1/s1. The van der Waals surface area contributed by atoms with Crippen LogP contribution in [0.1, 0.15) is 70.9 Å². The van der Waals surface area contributed by atoms with Crippen LogP contribution in [0.15, 0.2) is 101 Å². The third-order valence-corrected chi connectivity index (χ3v) is 14.7. The summed E-state index contributed by atoms with van der Waals surface area (Å²) >= 11 is 0. The number of carbonyl (C=O) groups is 1. The first-order valence-corrected chi connectivity index (χ1v) is 23.8. The van der Waals surface area contributed by atoms with Crippen LogP contribution in [-0.4, -0.2) is 109 Å². The fraction of sp³-hybridized carbons (Fsp3) is 0.489. The van der Waals surface area contributed by atoms with Gasteiger partial charge >= 0.3 is 376 Å². The average Bonchev–Trinajstić information content (AvgIpc) is 3.61. The summed E-state index contributed by atoms with van der Waals surface area (Å²) in [6.07, 6.45) is -9.08. The number of alkyl halides is 3. The van der Waals surface area contributed by atoms with Crippen molar-refractivity contribution in [1.82, 2.24) is 19.5 Å². The molecule has 5 rings (SSSR count). The summed E-state index contributed by atoms with van der Waals surface area (Å²) in [6.45, 7) is 9.33. The Kier molecular flexibility index (Phi) is 17.9. The molecular weight excluding hydrogens is 899 g/mol. The first-order valence-electron chi connectivity index (χ1n) is 21.7. The molecule has 1 fully saturated rings. The zero-order valence-electron chi connectivity index (χ0n) is 38.9. The van der Waals surface area contributed by atoms with Gasteiger partial charge < -0.3 is 0 Å². The molecule has 0 spiro atoms. The second-order valence-electron chi connectivity index (χ2n) is 17.4. The van der Waals surface area contributed by atoms with Crippen LogP contribution in [0.2, 0.25) is 0 Å². The SMILES string of the molecule is COc1ccc(C(OC[C@H]2O[C@@H](n3ccc(=O)[nH]c3=O)[C@H](OCOCC(C)(C)CNC(=O)C(F)(F)F)[C@@H]2O[PH](O)(CCC#N)N(C(C)C)C(C)C)(c2ccccc2)c2ccc(OC)cc2)cc1. The number of benzene rings is 3. The molecule has 20 heteroatoms. The number of carbonyl (C=O) groups excluding carboxylic acids is 1. The van der Waals surface area contributed by atoms with Crippen LogP contribution in [0.25, 0.3) is 0 Å². The number of nitrogens with zero attached hydrogens (tertiary/aromatic N) is 3. The summed E-state index contributed by atoms with van der Waals surface area (Å²) in [5.41, 5.74) is -1.82. The molecule has 0 bridgehead atoms. The van der Waals surface area contributed by atoms with Gasteiger partial charge in [0.2, 0.25) is 0 Å². The van der Waals surface area contributed by atoms with Gasteiger partial charge in [-0.25, -0.2) is 0 Å². The van der Waals surface area contributed by atoms with Crippen LogP contribution in [0.4, 0.5) is 13.2 Å². The van der Waals surface area contributed by atoms with Gasteiger partial charge in [-0.15, -0.1) is 0 Å². The molecule has 4 aromatic rings. The third-order valence-electron chi connectivity index (χ3n) is 11.3. The zero-order valence-corrected chi connectivity index (χ0v) is 39.9. The molecule has 0 saturated carbocycles. The molecule has 0 radical (unpaired) electrons. The number of nitrogens with one attached hydrogen (secondary N) is 2. The molecule has 3 aromatic carbocycles. The van der Waals surface area contributed by atoms with Crippen molar-refractivity contribution in [3.63, 3.8) is 0 Å². The van der Waals surface area contributed by atoms with E-state index in [-0.39, 0.29) is 44.4 Å². The van der Waals surface area contributed by atoms with E-state index in [4.69, 9.17) is 32.9 Å². The number of amides is 1. The van der Waals surface area contributed by atoms with Crippen molar-refractivity contribution in [3.05, 3.63) is 129 Å². The van der Waals surface area contributed by atoms with Gasteiger partial charge in [0.05, 0.1) is 0 Å². The summed E-state index contributed by atoms with van der Waals surface area (Å²) in [6, 6.07) is 26.9. The predicted molar refractivity (Wildman–Crippen MR) is 245 cm³/mol. The normalized spacial score (nSPS) is 18.3. The summed E-state index contributed by atoms with van der Waals surface area (Å²) < 4.78 is 86.2. The number of hydrogen-bond donors (Lipinski definition) is 3. The van der Waals surface area contributed by atoms with Crippen molar-refractivity contribution >= 4 is 13.8 Å². The Balaban J connectivity index is 1.65. The number of rotatable bonds is 23. The van der Waals surface area contributed by atoms with Gasteiger partial charge in [0, 0.05) is 0 Å². The van der Waals surface area contributed by atoms with Crippen molar-refractivity contribution in [2.24, 2.45) is 5.41 Å². The van der Waals surface area contributed by atoms with E-state index >= 15 is 0 Å². The number of halogens is 3. The fourth-order valence-corrected chi connectivity index (χ4v) is 11.6. The van der Waals surface area contributed by atoms with Gasteiger partial charge in [-0.05, 0) is 0 Å². The van der Waals surface area contributed by atoms with Gasteiger partial charge in [-0.1, -0.05) is 0 Å². The molecule has 1 amide bonds. The summed E-state index contributed by atoms with van der Waals surface area (Å²) in [5, 5.41) is 11.7. The molecule has 1 saturated heterocycles. The Morgan fingerprint density at radius 2 is 1.48 bits per heavy atom. The maximum atomic E-state index is 13.6. The molecule has 1 aromatic heterocycles. The second kappa shape index (κ2) is 22.8. The predicted octanol–water partition coefficient (Wildman–Crippen LogP) is 6.43. The zero-order chi connectivity index (χ0) is 49.2. The molecule has 16 nitrogen and oxygen atoms in total. The van der Waals surface area contributed by atoms with E-state index in [1.165, 1.54) is 6.20 Å². The average molecular weight is 960 g/mol. The quantitative estimate of drug-likeness (QED) is 0.0319. The van der Waals surface area contributed by atoms with Crippen LogP contribution in [0, 0.1) is 16.7 Å².